The monoisotopic (exact) mass is 477 g/mol. The Hall–Kier alpha value is -3.07. The second kappa shape index (κ2) is 14.9. The number of hydrogen-bond donors (Lipinski definition) is 9. The Morgan fingerprint density at radius 2 is 1.41 bits per heavy atom. The maximum absolute atomic E-state index is 12.8. The lowest BCUT2D eigenvalue weighted by atomic mass is 10.1. The Kier molecular flexibility index (Phi) is 13.4. The highest BCUT2D eigenvalue weighted by atomic mass is 32.1. The second-order valence-corrected chi connectivity index (χ2v) is 7.24. The Morgan fingerprint density at radius 1 is 0.906 bits per heavy atom. The highest BCUT2D eigenvalue weighted by Gasteiger charge is 2.29. The maximum atomic E-state index is 12.8. The summed E-state index contributed by atoms with van der Waals surface area (Å²) in [7, 11) is 0. The molecular weight excluding hydrogens is 446 g/mol. The number of nitrogens with two attached hydrogens (primary N) is 3. The number of aliphatic carboxylic acids is 2. The van der Waals surface area contributed by atoms with E-state index in [1.807, 2.05) is 0 Å². The van der Waals surface area contributed by atoms with Crippen molar-refractivity contribution < 1.29 is 34.2 Å². The van der Waals surface area contributed by atoms with E-state index in [9.17, 15) is 24.0 Å². The molecule has 0 rings (SSSR count). The third-order valence-corrected chi connectivity index (χ3v) is 4.43. The summed E-state index contributed by atoms with van der Waals surface area (Å²) in [6, 6.07) is -4.75. The molecule has 0 bridgehead atoms. The standard InChI is InChI=1S/C17H31N7O7S/c1-8(18)13(27)22-9(3-2-6-21-17(19)20)14(28)23-10(4-5-12(25)26)15(29)24-11(7-32)16(30)31/h8-11,32H,2-7,18H2,1H3,(H,22,27)(H,23,28)(H,24,29)(H,25,26)(H,30,31)(H4,19,20,21). The molecular formula is C17H31N7O7S. The number of hydrogen-bond acceptors (Lipinski definition) is 8. The Bertz CT molecular complexity index is 713. The van der Waals surface area contributed by atoms with E-state index in [1.54, 1.807) is 0 Å². The van der Waals surface area contributed by atoms with E-state index in [1.165, 1.54) is 6.92 Å². The lowest BCUT2D eigenvalue weighted by molar-refractivity contribution is -0.142. The minimum Gasteiger partial charge on any atom is -0.481 e. The van der Waals surface area contributed by atoms with Crippen LogP contribution in [0.25, 0.3) is 0 Å². The largest absolute Gasteiger partial charge is 0.481 e. The summed E-state index contributed by atoms with van der Waals surface area (Å²) in [5.41, 5.74) is 16.0. The van der Waals surface area contributed by atoms with Crippen molar-refractivity contribution in [3.8, 4) is 0 Å². The van der Waals surface area contributed by atoms with Gasteiger partial charge in [0.05, 0.1) is 6.04 Å². The molecule has 32 heavy (non-hydrogen) atoms. The van der Waals surface area contributed by atoms with Gasteiger partial charge >= 0.3 is 11.9 Å². The fourth-order valence-electron chi connectivity index (χ4n) is 2.34. The lowest BCUT2D eigenvalue weighted by Crippen LogP contribution is -2.57. The van der Waals surface area contributed by atoms with Crippen LogP contribution in [-0.4, -0.2) is 82.3 Å². The van der Waals surface area contributed by atoms with Crippen LogP contribution in [0.4, 0.5) is 0 Å². The van der Waals surface area contributed by atoms with Crippen molar-refractivity contribution in [1.29, 1.82) is 0 Å². The molecule has 0 saturated heterocycles. The van der Waals surface area contributed by atoms with Gasteiger partial charge in [0.2, 0.25) is 17.7 Å². The first-order valence-electron chi connectivity index (χ1n) is 9.66. The molecule has 15 heteroatoms. The molecule has 4 atom stereocenters. The number of guanidine groups is 1. The quantitative estimate of drug-likeness (QED) is 0.0492. The Labute approximate surface area is 190 Å². The minimum atomic E-state index is -1.37. The van der Waals surface area contributed by atoms with Crippen molar-refractivity contribution in [3.05, 3.63) is 0 Å². The van der Waals surface area contributed by atoms with E-state index < -0.39 is 60.2 Å². The van der Waals surface area contributed by atoms with E-state index in [0.29, 0.717) is 6.42 Å². The van der Waals surface area contributed by atoms with Gasteiger partial charge in [0.25, 0.3) is 0 Å². The summed E-state index contributed by atoms with van der Waals surface area (Å²) >= 11 is 3.84. The molecule has 0 spiro atoms. The third kappa shape index (κ3) is 11.9. The zero-order chi connectivity index (χ0) is 24.8. The SMILES string of the molecule is CC(N)C(=O)NC(CCCN=C(N)N)C(=O)NC(CCC(=O)O)C(=O)NC(CS)C(=O)O. The van der Waals surface area contributed by atoms with E-state index in [0.717, 1.165) is 0 Å². The normalized spacial score (nSPS) is 14.2. The molecule has 3 amide bonds. The maximum Gasteiger partial charge on any atom is 0.327 e. The first kappa shape index (κ1) is 28.9. The van der Waals surface area contributed by atoms with Crippen LogP contribution in [0.3, 0.4) is 0 Å². The van der Waals surface area contributed by atoms with Gasteiger partial charge in [-0.2, -0.15) is 12.6 Å². The smallest absolute Gasteiger partial charge is 0.327 e. The first-order chi connectivity index (χ1) is 14.9. The highest BCUT2D eigenvalue weighted by Crippen LogP contribution is 2.04. The van der Waals surface area contributed by atoms with Crippen LogP contribution in [0.1, 0.15) is 32.6 Å². The van der Waals surface area contributed by atoms with Gasteiger partial charge in [0.15, 0.2) is 5.96 Å². The van der Waals surface area contributed by atoms with Gasteiger partial charge in [-0.1, -0.05) is 0 Å². The molecule has 0 fully saturated rings. The Balaban J connectivity index is 5.44. The van der Waals surface area contributed by atoms with E-state index in [-0.39, 0.29) is 31.1 Å². The molecule has 0 radical (unpaired) electrons. The molecule has 4 unspecified atom stereocenters. The second-order valence-electron chi connectivity index (χ2n) is 6.87. The zero-order valence-corrected chi connectivity index (χ0v) is 18.5. The number of carbonyl (C=O) groups is 5. The van der Waals surface area contributed by atoms with Crippen LogP contribution >= 0.6 is 12.6 Å². The molecule has 0 saturated carbocycles. The van der Waals surface area contributed by atoms with Crippen molar-refractivity contribution in [2.45, 2.75) is 56.8 Å². The molecule has 0 aromatic rings. The average molecular weight is 478 g/mol. The van der Waals surface area contributed by atoms with Gasteiger partial charge in [-0.3, -0.25) is 24.2 Å². The van der Waals surface area contributed by atoms with Crippen LogP contribution in [-0.2, 0) is 24.0 Å². The molecule has 0 aromatic carbocycles. The number of thiol groups is 1. The minimum absolute atomic E-state index is 0.0860. The Morgan fingerprint density at radius 3 is 1.84 bits per heavy atom. The van der Waals surface area contributed by atoms with Gasteiger partial charge in [-0.15, -0.1) is 0 Å². The van der Waals surface area contributed by atoms with Crippen LogP contribution in [0, 0.1) is 0 Å². The van der Waals surface area contributed by atoms with Gasteiger partial charge in [-0.05, 0) is 26.2 Å². The van der Waals surface area contributed by atoms with Crippen LogP contribution < -0.4 is 33.2 Å². The van der Waals surface area contributed by atoms with Crippen LogP contribution in [0.15, 0.2) is 4.99 Å². The summed E-state index contributed by atoms with van der Waals surface area (Å²) in [6.07, 6.45) is -0.406. The van der Waals surface area contributed by atoms with Crippen molar-refractivity contribution in [2.24, 2.45) is 22.2 Å². The predicted molar refractivity (Wildman–Crippen MR) is 118 cm³/mol. The number of carboxylic acids is 2. The van der Waals surface area contributed by atoms with E-state index in [4.69, 9.17) is 27.4 Å². The zero-order valence-electron chi connectivity index (χ0n) is 17.6. The van der Waals surface area contributed by atoms with Gasteiger partial charge < -0.3 is 43.4 Å². The highest BCUT2D eigenvalue weighted by molar-refractivity contribution is 7.80. The number of carbonyl (C=O) groups excluding carboxylic acids is 3. The van der Waals surface area contributed by atoms with Crippen molar-refractivity contribution in [1.82, 2.24) is 16.0 Å². The van der Waals surface area contributed by atoms with E-state index >= 15 is 0 Å². The molecule has 14 nitrogen and oxygen atoms in total. The molecule has 0 aliphatic rings. The molecule has 0 aliphatic carbocycles. The van der Waals surface area contributed by atoms with Crippen LogP contribution in [0.2, 0.25) is 0 Å². The topological polar surface area (TPSA) is 252 Å². The molecule has 0 aromatic heterocycles. The summed E-state index contributed by atoms with van der Waals surface area (Å²) in [4.78, 5) is 63.1. The number of aliphatic imine (C=N–C) groups is 1. The third-order valence-electron chi connectivity index (χ3n) is 4.07. The molecule has 0 heterocycles. The summed E-state index contributed by atoms with van der Waals surface area (Å²) in [5.74, 6) is -5.25. The van der Waals surface area contributed by atoms with Gasteiger partial charge in [0, 0.05) is 18.7 Å². The predicted octanol–water partition coefficient (Wildman–Crippen LogP) is -3.28. The first-order valence-corrected chi connectivity index (χ1v) is 10.3. The summed E-state index contributed by atoms with van der Waals surface area (Å²) < 4.78 is 0. The van der Waals surface area contributed by atoms with Crippen molar-refractivity contribution >= 4 is 48.2 Å². The fraction of sp³-hybridized carbons (Fsp3) is 0.647. The number of nitrogens with zero attached hydrogens (tertiary/aromatic N) is 1. The molecule has 182 valence electrons. The number of rotatable bonds is 15. The summed E-state index contributed by atoms with van der Waals surface area (Å²) in [6.45, 7) is 1.58. The lowest BCUT2D eigenvalue weighted by Gasteiger charge is -2.24. The summed E-state index contributed by atoms with van der Waals surface area (Å²) in [5, 5.41) is 25.0. The number of amides is 3. The van der Waals surface area contributed by atoms with Crippen LogP contribution in [0.5, 0.6) is 0 Å². The molecule has 0 aliphatic heterocycles. The number of nitrogens with one attached hydrogen (secondary N) is 3. The fourth-order valence-corrected chi connectivity index (χ4v) is 2.59. The van der Waals surface area contributed by atoms with E-state index in [2.05, 4.69) is 33.6 Å². The average Bonchev–Trinajstić information content (AvgIpc) is 2.70. The van der Waals surface area contributed by atoms with Gasteiger partial charge in [0.1, 0.15) is 18.1 Å². The van der Waals surface area contributed by atoms with Crippen molar-refractivity contribution in [3.63, 3.8) is 0 Å². The number of carboxylic acid groups (broad SMARTS) is 2. The molecule has 11 N–H and O–H groups in total. The van der Waals surface area contributed by atoms with Crippen molar-refractivity contribution in [2.75, 3.05) is 12.3 Å². The van der Waals surface area contributed by atoms with Gasteiger partial charge in [-0.25, -0.2) is 4.79 Å².